The molecule has 1 aliphatic carbocycles. The molecule has 2 aromatic heterocycles. The first-order valence-electron chi connectivity index (χ1n) is 14.9. The van der Waals surface area contributed by atoms with E-state index in [9.17, 15) is 4.79 Å². The van der Waals surface area contributed by atoms with Crippen molar-refractivity contribution in [1.82, 2.24) is 4.98 Å². The van der Waals surface area contributed by atoms with Crippen LogP contribution in [0, 0.1) is 13.0 Å². The van der Waals surface area contributed by atoms with E-state index in [1.54, 1.807) is 0 Å². The first kappa shape index (κ1) is 31.6. The molecule has 0 amide bonds. The number of allylic oxidation sites excluding steroid dienone is 2. The molecule has 0 saturated carbocycles. The Hall–Kier alpha value is -3.79. The van der Waals surface area contributed by atoms with E-state index in [2.05, 4.69) is 101 Å². The number of carbonyl (C=O) groups excluding carboxylic acids is 1. The Morgan fingerprint density at radius 1 is 0.909 bits per heavy atom. The Balaban J connectivity index is 0.000000433. The van der Waals surface area contributed by atoms with Crippen molar-refractivity contribution in [3.63, 3.8) is 0 Å². The SMILES string of the molecule is CC(=O)/C=C(/C)O.Cc1c[c-]c(-c2nccc3cc4oc5c6c(ccc5c4cc23)C(C)(C)CCC6(C)C)c2ccccc12.[Ir]. The molecule has 1 N–H and O–H groups in total. The molecular weight excluding hydrogens is 723 g/mol. The first-order chi connectivity index (χ1) is 20.4. The van der Waals surface area contributed by atoms with E-state index in [0.29, 0.717) is 0 Å². The molecule has 0 spiro atoms. The summed E-state index contributed by atoms with van der Waals surface area (Å²) in [5.41, 5.74) is 8.30. The number of aliphatic hydroxyl groups excluding tert-OH is 1. The summed E-state index contributed by atoms with van der Waals surface area (Å²) in [7, 11) is 0. The van der Waals surface area contributed by atoms with Crippen LogP contribution in [-0.4, -0.2) is 15.9 Å². The van der Waals surface area contributed by atoms with Crippen molar-refractivity contribution in [2.75, 3.05) is 0 Å². The fraction of sp³-hybridized carbons (Fsp3) is 0.282. The van der Waals surface area contributed by atoms with Gasteiger partial charge in [0.1, 0.15) is 11.2 Å². The summed E-state index contributed by atoms with van der Waals surface area (Å²) < 4.78 is 6.69. The molecule has 0 saturated heterocycles. The Morgan fingerprint density at radius 2 is 1.61 bits per heavy atom. The van der Waals surface area contributed by atoms with Gasteiger partial charge in [-0.05, 0) is 77.7 Å². The van der Waals surface area contributed by atoms with Crippen LogP contribution < -0.4 is 0 Å². The Labute approximate surface area is 272 Å². The van der Waals surface area contributed by atoms with Gasteiger partial charge < -0.3 is 14.5 Å². The zero-order chi connectivity index (χ0) is 30.7. The number of rotatable bonds is 2. The average molecular weight is 761 g/mol. The Morgan fingerprint density at radius 3 is 2.30 bits per heavy atom. The summed E-state index contributed by atoms with van der Waals surface area (Å²) in [6, 6.07) is 25.4. The topological polar surface area (TPSA) is 63.3 Å². The van der Waals surface area contributed by atoms with Crippen LogP contribution in [0.4, 0.5) is 0 Å². The number of pyridine rings is 1. The van der Waals surface area contributed by atoms with Crippen LogP contribution in [-0.2, 0) is 35.7 Å². The minimum absolute atomic E-state index is 0. The summed E-state index contributed by atoms with van der Waals surface area (Å²) in [6.07, 6.45) is 5.43. The van der Waals surface area contributed by atoms with Gasteiger partial charge in [-0.1, -0.05) is 81.8 Å². The van der Waals surface area contributed by atoms with Crippen molar-refractivity contribution in [2.24, 2.45) is 0 Å². The molecule has 1 radical (unpaired) electrons. The van der Waals surface area contributed by atoms with Gasteiger partial charge >= 0.3 is 0 Å². The second kappa shape index (κ2) is 11.6. The molecule has 227 valence electrons. The van der Waals surface area contributed by atoms with Crippen LogP contribution in [0.1, 0.15) is 71.1 Å². The van der Waals surface area contributed by atoms with Gasteiger partial charge in [0.2, 0.25) is 0 Å². The third-order valence-electron chi connectivity index (χ3n) is 9.01. The largest absolute Gasteiger partial charge is 0.512 e. The molecule has 7 rings (SSSR count). The van der Waals surface area contributed by atoms with Crippen molar-refractivity contribution in [3.8, 4) is 11.3 Å². The third kappa shape index (κ3) is 5.48. The van der Waals surface area contributed by atoms with E-state index < -0.39 is 0 Å². The number of hydrogen-bond donors (Lipinski definition) is 1. The zero-order valence-electron chi connectivity index (χ0n) is 26.4. The van der Waals surface area contributed by atoms with E-state index in [-0.39, 0.29) is 42.5 Å². The number of carbonyl (C=O) groups is 1. The first-order valence-corrected chi connectivity index (χ1v) is 14.9. The number of hydrogen-bond acceptors (Lipinski definition) is 4. The molecule has 44 heavy (non-hydrogen) atoms. The number of benzene rings is 4. The van der Waals surface area contributed by atoms with Crippen LogP contribution in [0.2, 0.25) is 0 Å². The molecule has 2 heterocycles. The molecule has 0 bridgehead atoms. The summed E-state index contributed by atoms with van der Waals surface area (Å²) in [6.45, 7) is 14.5. The minimum Gasteiger partial charge on any atom is -0.512 e. The fourth-order valence-electron chi connectivity index (χ4n) is 6.70. The molecule has 0 fully saturated rings. The minimum atomic E-state index is -0.125. The molecular formula is C39H38IrNO3-. The van der Waals surface area contributed by atoms with Crippen molar-refractivity contribution in [1.29, 1.82) is 0 Å². The molecule has 5 heteroatoms. The number of aliphatic hydroxyl groups is 1. The van der Waals surface area contributed by atoms with Crippen molar-refractivity contribution in [2.45, 2.75) is 72.1 Å². The van der Waals surface area contributed by atoms with Gasteiger partial charge in [-0.2, -0.15) is 0 Å². The zero-order valence-corrected chi connectivity index (χ0v) is 28.8. The second-order valence-corrected chi connectivity index (χ2v) is 13.3. The number of fused-ring (bicyclic) bond motifs is 7. The molecule has 0 atom stereocenters. The normalized spacial score (nSPS) is 15.5. The Kier molecular flexibility index (Phi) is 8.35. The van der Waals surface area contributed by atoms with Crippen LogP contribution >= 0.6 is 0 Å². The summed E-state index contributed by atoms with van der Waals surface area (Å²) in [4.78, 5) is 14.9. The van der Waals surface area contributed by atoms with Gasteiger partial charge in [0.05, 0.1) is 5.76 Å². The van der Waals surface area contributed by atoms with E-state index in [0.717, 1.165) is 45.0 Å². The summed E-state index contributed by atoms with van der Waals surface area (Å²) >= 11 is 0. The third-order valence-corrected chi connectivity index (χ3v) is 9.01. The van der Waals surface area contributed by atoms with Crippen LogP contribution in [0.5, 0.6) is 0 Å². The van der Waals surface area contributed by atoms with Gasteiger partial charge in [-0.3, -0.25) is 4.79 Å². The number of nitrogens with zero attached hydrogens (tertiary/aromatic N) is 1. The molecule has 1 aliphatic rings. The van der Waals surface area contributed by atoms with Crippen LogP contribution in [0.25, 0.3) is 54.7 Å². The van der Waals surface area contributed by atoms with E-state index in [4.69, 9.17) is 14.5 Å². The van der Waals surface area contributed by atoms with Crippen molar-refractivity contribution >= 4 is 49.3 Å². The van der Waals surface area contributed by atoms with E-state index in [1.165, 1.54) is 59.2 Å². The number of ketones is 1. The standard InChI is InChI=1S/C34H30NO.C5H8O2.Ir/c1-20-10-11-24(23-9-7-6-8-22(20)23)31-26-19-27-25-12-13-28-30(34(4,5)16-15-33(28,2)3)32(25)36-29(27)18-21(26)14-17-35-31;1-4(6)3-5(2)7;/h6-10,12-14,17-19H,15-16H2,1-5H3;3,6H,1-2H3;/q-1;;/b;4-3-;. The van der Waals surface area contributed by atoms with Crippen LogP contribution in [0.3, 0.4) is 0 Å². The van der Waals surface area contributed by atoms with Gasteiger partial charge in [0, 0.05) is 48.7 Å². The number of aromatic nitrogens is 1. The number of furan rings is 1. The Bertz CT molecular complexity index is 2090. The summed E-state index contributed by atoms with van der Waals surface area (Å²) in [5.74, 6) is -0.0625. The maximum Gasteiger partial charge on any atom is 0.155 e. The fourth-order valence-corrected chi connectivity index (χ4v) is 6.70. The predicted octanol–water partition coefficient (Wildman–Crippen LogP) is 10.4. The molecule has 4 aromatic carbocycles. The quantitative estimate of drug-likeness (QED) is 0.108. The smallest absolute Gasteiger partial charge is 0.155 e. The molecule has 0 unspecified atom stereocenters. The van der Waals surface area contributed by atoms with E-state index >= 15 is 0 Å². The van der Waals surface area contributed by atoms with Crippen LogP contribution in [0.15, 0.2) is 83.1 Å². The maximum atomic E-state index is 10.0. The second-order valence-electron chi connectivity index (χ2n) is 13.3. The maximum absolute atomic E-state index is 10.0. The molecule has 6 aromatic rings. The molecule has 0 aliphatic heterocycles. The van der Waals surface area contributed by atoms with Crippen molar-refractivity contribution < 1.29 is 34.4 Å². The van der Waals surface area contributed by atoms with Crippen molar-refractivity contribution in [3.05, 3.63) is 101 Å². The van der Waals surface area contributed by atoms with Gasteiger partial charge in [0.15, 0.2) is 5.78 Å². The monoisotopic (exact) mass is 761 g/mol. The predicted molar refractivity (Wildman–Crippen MR) is 178 cm³/mol. The molecule has 4 nitrogen and oxygen atoms in total. The summed E-state index contributed by atoms with van der Waals surface area (Å²) in [5, 5.41) is 15.4. The number of aryl methyl sites for hydroxylation is 1. The average Bonchev–Trinajstić information content (AvgIpc) is 3.31. The van der Waals surface area contributed by atoms with Gasteiger partial charge in [-0.15, -0.1) is 23.3 Å². The van der Waals surface area contributed by atoms with Gasteiger partial charge in [0.25, 0.3) is 0 Å². The van der Waals surface area contributed by atoms with E-state index in [1.807, 2.05) is 6.20 Å². The van der Waals surface area contributed by atoms with Gasteiger partial charge in [-0.25, -0.2) is 0 Å².